The van der Waals surface area contributed by atoms with E-state index in [4.69, 9.17) is 0 Å². The summed E-state index contributed by atoms with van der Waals surface area (Å²) in [4.78, 5) is 0. The normalized spacial score (nSPS) is 24.8. The Bertz CT molecular complexity index is 354. The smallest absolute Gasteiger partial charge is 0.115 e. The van der Waals surface area contributed by atoms with Gasteiger partial charge in [0.05, 0.1) is 6.10 Å². The van der Waals surface area contributed by atoms with Crippen LogP contribution in [0.25, 0.3) is 0 Å². The van der Waals surface area contributed by atoms with Crippen LogP contribution in [0.1, 0.15) is 31.2 Å². The summed E-state index contributed by atoms with van der Waals surface area (Å²) in [6.07, 6.45) is 4.31. The Kier molecular flexibility index (Phi) is 4.40. The van der Waals surface area contributed by atoms with Crippen LogP contribution in [0, 0.1) is 5.92 Å². The molecule has 1 aromatic rings. The molecule has 2 rings (SSSR count). The molecule has 3 N–H and O–H groups in total. The average Bonchev–Trinajstić information content (AvgIpc) is 2.32. The van der Waals surface area contributed by atoms with Crippen molar-refractivity contribution >= 4 is 0 Å². The monoisotopic (exact) mass is 235 g/mol. The van der Waals surface area contributed by atoms with Gasteiger partial charge in [-0.3, -0.25) is 0 Å². The highest BCUT2D eigenvalue weighted by Gasteiger charge is 2.22. The molecule has 0 bridgehead atoms. The fourth-order valence-electron chi connectivity index (χ4n) is 2.49. The fourth-order valence-corrected chi connectivity index (χ4v) is 2.49. The minimum absolute atomic E-state index is 0.138. The summed E-state index contributed by atoms with van der Waals surface area (Å²) in [7, 11) is 0. The molecule has 0 saturated heterocycles. The van der Waals surface area contributed by atoms with Crippen LogP contribution in [0.4, 0.5) is 0 Å². The van der Waals surface area contributed by atoms with Gasteiger partial charge in [-0.2, -0.15) is 0 Å². The van der Waals surface area contributed by atoms with Gasteiger partial charge in [0.2, 0.25) is 0 Å². The molecular formula is C14H21NO2. The topological polar surface area (TPSA) is 52.5 Å². The molecule has 3 nitrogen and oxygen atoms in total. The number of benzene rings is 1. The van der Waals surface area contributed by atoms with E-state index in [0.29, 0.717) is 11.7 Å². The van der Waals surface area contributed by atoms with Crippen LogP contribution in [0.3, 0.4) is 0 Å². The van der Waals surface area contributed by atoms with Crippen molar-refractivity contribution in [2.45, 2.75) is 38.3 Å². The predicted molar refractivity (Wildman–Crippen MR) is 67.8 cm³/mol. The molecule has 94 valence electrons. The third kappa shape index (κ3) is 3.72. The molecule has 0 aromatic heterocycles. The van der Waals surface area contributed by atoms with Crippen molar-refractivity contribution in [2.24, 2.45) is 5.92 Å². The van der Waals surface area contributed by atoms with E-state index in [1.54, 1.807) is 12.1 Å². The van der Waals surface area contributed by atoms with E-state index < -0.39 is 0 Å². The van der Waals surface area contributed by atoms with Crippen LogP contribution < -0.4 is 5.32 Å². The molecule has 17 heavy (non-hydrogen) atoms. The molecule has 1 aromatic carbocycles. The number of hydrogen-bond donors (Lipinski definition) is 3. The maximum atomic E-state index is 9.83. The van der Waals surface area contributed by atoms with Crippen molar-refractivity contribution in [1.29, 1.82) is 0 Å². The molecule has 0 amide bonds. The van der Waals surface area contributed by atoms with Crippen LogP contribution in [0.5, 0.6) is 5.75 Å². The van der Waals surface area contributed by atoms with E-state index in [-0.39, 0.29) is 6.10 Å². The van der Waals surface area contributed by atoms with Gasteiger partial charge in [-0.25, -0.2) is 0 Å². The number of phenols is 1. The Morgan fingerprint density at radius 1 is 1.24 bits per heavy atom. The van der Waals surface area contributed by atoms with Gasteiger partial charge in [0, 0.05) is 13.1 Å². The van der Waals surface area contributed by atoms with Crippen LogP contribution in [0.2, 0.25) is 0 Å². The van der Waals surface area contributed by atoms with E-state index in [0.717, 1.165) is 37.9 Å². The minimum atomic E-state index is -0.138. The maximum absolute atomic E-state index is 9.83. The van der Waals surface area contributed by atoms with Crippen molar-refractivity contribution in [3.8, 4) is 5.75 Å². The van der Waals surface area contributed by atoms with Gasteiger partial charge in [-0.05, 0) is 36.5 Å². The van der Waals surface area contributed by atoms with Gasteiger partial charge in [0.15, 0.2) is 0 Å². The summed E-state index contributed by atoms with van der Waals surface area (Å²) in [5, 5.41) is 22.5. The number of nitrogens with one attached hydrogen (secondary N) is 1. The van der Waals surface area contributed by atoms with Gasteiger partial charge >= 0.3 is 0 Å². The van der Waals surface area contributed by atoms with Crippen molar-refractivity contribution in [3.05, 3.63) is 29.8 Å². The predicted octanol–water partition coefficient (Wildman–Crippen LogP) is 2.03. The molecule has 1 saturated carbocycles. The van der Waals surface area contributed by atoms with E-state index in [1.807, 2.05) is 12.1 Å². The van der Waals surface area contributed by atoms with Crippen LogP contribution in [-0.4, -0.2) is 22.9 Å². The average molecular weight is 235 g/mol. The minimum Gasteiger partial charge on any atom is -0.508 e. The van der Waals surface area contributed by atoms with Crippen LogP contribution in [-0.2, 0) is 6.54 Å². The standard InChI is InChI=1S/C14H21NO2/c16-13-6-3-4-11(8-13)9-15-10-12-5-1-2-7-14(12)17/h3-4,6,8,12,14-17H,1-2,5,7,9-10H2. The summed E-state index contributed by atoms with van der Waals surface area (Å²) in [6, 6.07) is 7.28. The highest BCUT2D eigenvalue weighted by Crippen LogP contribution is 2.23. The lowest BCUT2D eigenvalue weighted by Gasteiger charge is -2.27. The van der Waals surface area contributed by atoms with Gasteiger partial charge < -0.3 is 15.5 Å². The second kappa shape index (κ2) is 6.03. The Labute approximate surface area is 102 Å². The summed E-state index contributed by atoms with van der Waals surface area (Å²) in [6.45, 7) is 1.61. The number of phenolic OH excluding ortho intramolecular Hbond substituents is 1. The molecule has 1 aliphatic carbocycles. The third-order valence-electron chi connectivity index (χ3n) is 3.52. The van der Waals surface area contributed by atoms with Crippen LogP contribution >= 0.6 is 0 Å². The van der Waals surface area contributed by atoms with E-state index in [9.17, 15) is 10.2 Å². The van der Waals surface area contributed by atoms with E-state index in [1.165, 1.54) is 6.42 Å². The third-order valence-corrected chi connectivity index (χ3v) is 3.52. The lowest BCUT2D eigenvalue weighted by molar-refractivity contribution is 0.0695. The van der Waals surface area contributed by atoms with Gasteiger partial charge in [-0.15, -0.1) is 0 Å². The Morgan fingerprint density at radius 2 is 2.06 bits per heavy atom. The summed E-state index contributed by atoms with van der Waals surface area (Å²) in [5.41, 5.74) is 1.08. The number of rotatable bonds is 4. The van der Waals surface area contributed by atoms with Crippen molar-refractivity contribution in [3.63, 3.8) is 0 Å². The number of aliphatic hydroxyl groups is 1. The Hall–Kier alpha value is -1.06. The van der Waals surface area contributed by atoms with Crippen LogP contribution in [0.15, 0.2) is 24.3 Å². The highest BCUT2D eigenvalue weighted by atomic mass is 16.3. The molecule has 0 spiro atoms. The Balaban J connectivity index is 1.75. The quantitative estimate of drug-likeness (QED) is 0.748. The zero-order chi connectivity index (χ0) is 12.1. The number of aliphatic hydroxyl groups excluding tert-OH is 1. The second-order valence-corrected chi connectivity index (χ2v) is 4.91. The zero-order valence-corrected chi connectivity index (χ0v) is 10.1. The first-order valence-corrected chi connectivity index (χ1v) is 6.42. The van der Waals surface area contributed by atoms with Gasteiger partial charge in [0.1, 0.15) is 5.75 Å². The molecule has 3 heteroatoms. The first-order chi connectivity index (χ1) is 8.25. The molecule has 0 aliphatic heterocycles. The first kappa shape index (κ1) is 12.4. The molecule has 2 atom stereocenters. The molecular weight excluding hydrogens is 214 g/mol. The Morgan fingerprint density at radius 3 is 2.82 bits per heavy atom. The van der Waals surface area contributed by atoms with Crippen molar-refractivity contribution < 1.29 is 10.2 Å². The summed E-state index contributed by atoms with van der Waals surface area (Å²) < 4.78 is 0. The molecule has 1 fully saturated rings. The molecule has 0 radical (unpaired) electrons. The first-order valence-electron chi connectivity index (χ1n) is 6.42. The zero-order valence-electron chi connectivity index (χ0n) is 10.1. The number of aromatic hydroxyl groups is 1. The highest BCUT2D eigenvalue weighted by molar-refractivity contribution is 5.26. The second-order valence-electron chi connectivity index (χ2n) is 4.91. The number of hydrogen-bond acceptors (Lipinski definition) is 3. The largest absolute Gasteiger partial charge is 0.508 e. The van der Waals surface area contributed by atoms with Gasteiger partial charge in [-0.1, -0.05) is 25.0 Å². The molecule has 1 aliphatic rings. The van der Waals surface area contributed by atoms with Crippen molar-refractivity contribution in [1.82, 2.24) is 5.32 Å². The molecule has 0 heterocycles. The lowest BCUT2D eigenvalue weighted by Crippen LogP contribution is -2.33. The maximum Gasteiger partial charge on any atom is 0.115 e. The molecule has 2 unspecified atom stereocenters. The van der Waals surface area contributed by atoms with Gasteiger partial charge in [0.25, 0.3) is 0 Å². The summed E-state index contributed by atoms with van der Waals surface area (Å²) in [5.74, 6) is 0.697. The SMILES string of the molecule is Oc1cccc(CNCC2CCCCC2O)c1. The van der Waals surface area contributed by atoms with E-state index in [2.05, 4.69) is 5.32 Å². The summed E-state index contributed by atoms with van der Waals surface area (Å²) >= 11 is 0. The lowest BCUT2D eigenvalue weighted by atomic mass is 9.86. The fraction of sp³-hybridized carbons (Fsp3) is 0.571. The van der Waals surface area contributed by atoms with E-state index >= 15 is 0 Å². The van der Waals surface area contributed by atoms with Crippen molar-refractivity contribution in [2.75, 3.05) is 6.54 Å².